The summed E-state index contributed by atoms with van der Waals surface area (Å²) >= 11 is 0. The third-order valence-corrected chi connectivity index (χ3v) is 3.93. The van der Waals surface area contributed by atoms with E-state index in [4.69, 9.17) is 0 Å². The average molecular weight is 353 g/mol. The number of fused-ring (bicyclic) bond motifs is 1. The van der Waals surface area contributed by atoms with E-state index in [1.165, 1.54) is 0 Å². The van der Waals surface area contributed by atoms with Crippen LogP contribution in [0.1, 0.15) is 21.7 Å². The minimum absolute atomic E-state index is 0.0617. The molecule has 3 aromatic rings. The number of hydrogen-bond acceptors (Lipinski definition) is 6. The van der Waals surface area contributed by atoms with Crippen molar-refractivity contribution in [2.75, 3.05) is 32.5 Å². The minimum atomic E-state index is -0.0617. The van der Waals surface area contributed by atoms with Gasteiger partial charge in [-0.15, -0.1) is 15.3 Å². The number of likely N-dealkylation sites (N-methyl/N-ethyl adjacent to an activating group) is 1. The number of carbonyl (C=O) groups is 1. The quantitative estimate of drug-likeness (QED) is 0.666. The largest absolute Gasteiger partial charge is 0.365 e. The van der Waals surface area contributed by atoms with E-state index in [-0.39, 0.29) is 5.91 Å². The van der Waals surface area contributed by atoms with Crippen molar-refractivity contribution in [3.63, 3.8) is 0 Å². The highest BCUT2D eigenvalue weighted by molar-refractivity contribution is 5.94. The lowest BCUT2D eigenvalue weighted by molar-refractivity contribution is 0.0951. The Balaban J connectivity index is 1.62. The first-order valence-corrected chi connectivity index (χ1v) is 8.48. The second kappa shape index (κ2) is 7.92. The molecule has 0 aliphatic rings. The van der Waals surface area contributed by atoms with E-state index in [1.54, 1.807) is 4.52 Å². The van der Waals surface area contributed by atoms with Gasteiger partial charge in [0.05, 0.1) is 0 Å². The first kappa shape index (κ1) is 17.8. The molecular formula is C18H23N7O. The van der Waals surface area contributed by atoms with E-state index in [1.807, 2.05) is 62.3 Å². The van der Waals surface area contributed by atoms with Crippen LogP contribution >= 0.6 is 0 Å². The first-order valence-electron chi connectivity index (χ1n) is 8.48. The van der Waals surface area contributed by atoms with E-state index in [0.717, 1.165) is 23.8 Å². The van der Waals surface area contributed by atoms with Crippen LogP contribution in [0.5, 0.6) is 0 Å². The van der Waals surface area contributed by atoms with E-state index in [9.17, 15) is 4.79 Å². The Morgan fingerprint density at radius 2 is 2.04 bits per heavy atom. The van der Waals surface area contributed by atoms with Crippen LogP contribution in [0.3, 0.4) is 0 Å². The Morgan fingerprint density at radius 1 is 1.19 bits per heavy atom. The SMILES string of the molecule is Cc1nnc2ccc(NCc3cccc(C(=O)NCCN(C)C)c3)nn12. The Kier molecular flexibility index (Phi) is 5.43. The molecule has 0 saturated heterocycles. The van der Waals surface area contributed by atoms with Gasteiger partial charge in [-0.1, -0.05) is 12.1 Å². The summed E-state index contributed by atoms with van der Waals surface area (Å²) in [5.74, 6) is 1.40. The number of hydrogen-bond donors (Lipinski definition) is 2. The highest BCUT2D eigenvalue weighted by atomic mass is 16.1. The standard InChI is InChI=1S/C18H23N7O/c1-13-21-22-17-8-7-16(23-25(13)17)20-12-14-5-4-6-15(11-14)18(26)19-9-10-24(2)3/h4-8,11H,9-10,12H2,1-3H3,(H,19,26)(H,20,23). The number of nitrogens with zero attached hydrogens (tertiary/aromatic N) is 5. The zero-order chi connectivity index (χ0) is 18.5. The summed E-state index contributed by atoms with van der Waals surface area (Å²) in [6.45, 7) is 3.86. The second-order valence-electron chi connectivity index (χ2n) is 6.35. The molecule has 0 aliphatic heterocycles. The van der Waals surface area contributed by atoms with Gasteiger partial charge in [-0.3, -0.25) is 4.79 Å². The highest BCUT2D eigenvalue weighted by Gasteiger charge is 2.07. The van der Waals surface area contributed by atoms with Gasteiger partial charge >= 0.3 is 0 Å². The van der Waals surface area contributed by atoms with Gasteiger partial charge in [0.15, 0.2) is 11.5 Å². The number of anilines is 1. The van der Waals surface area contributed by atoms with Gasteiger partial charge in [0.25, 0.3) is 5.91 Å². The number of carbonyl (C=O) groups excluding carboxylic acids is 1. The summed E-state index contributed by atoms with van der Waals surface area (Å²) < 4.78 is 1.69. The van der Waals surface area contributed by atoms with Crippen LogP contribution < -0.4 is 10.6 Å². The molecule has 8 nitrogen and oxygen atoms in total. The van der Waals surface area contributed by atoms with Crippen molar-refractivity contribution in [2.45, 2.75) is 13.5 Å². The molecule has 0 fully saturated rings. The summed E-state index contributed by atoms with van der Waals surface area (Å²) in [6.07, 6.45) is 0. The lowest BCUT2D eigenvalue weighted by Gasteiger charge is -2.11. The van der Waals surface area contributed by atoms with E-state index in [0.29, 0.717) is 24.3 Å². The van der Waals surface area contributed by atoms with Gasteiger partial charge in [-0.05, 0) is 50.8 Å². The molecule has 3 rings (SSSR count). The lowest BCUT2D eigenvalue weighted by atomic mass is 10.1. The molecule has 0 unspecified atom stereocenters. The fraction of sp³-hybridized carbons (Fsp3) is 0.333. The zero-order valence-electron chi connectivity index (χ0n) is 15.2. The molecule has 136 valence electrons. The monoisotopic (exact) mass is 353 g/mol. The second-order valence-corrected chi connectivity index (χ2v) is 6.35. The fourth-order valence-electron chi connectivity index (χ4n) is 2.50. The van der Waals surface area contributed by atoms with Gasteiger partial charge in [-0.25, -0.2) is 0 Å². The Bertz CT molecular complexity index is 903. The molecule has 0 spiro atoms. The predicted octanol–water partition coefficient (Wildman–Crippen LogP) is 1.34. The number of benzene rings is 1. The molecule has 2 aromatic heterocycles. The molecular weight excluding hydrogens is 330 g/mol. The Labute approximate surface area is 152 Å². The van der Waals surface area contributed by atoms with Crippen molar-refractivity contribution < 1.29 is 4.79 Å². The molecule has 0 aliphatic carbocycles. The van der Waals surface area contributed by atoms with Gasteiger partial charge < -0.3 is 15.5 Å². The molecule has 0 bridgehead atoms. The molecule has 0 atom stereocenters. The van der Waals surface area contributed by atoms with Crippen LogP contribution in [0.15, 0.2) is 36.4 Å². The molecule has 26 heavy (non-hydrogen) atoms. The smallest absolute Gasteiger partial charge is 0.251 e. The van der Waals surface area contributed by atoms with Crippen molar-refractivity contribution in [1.82, 2.24) is 30.0 Å². The Hall–Kier alpha value is -3.00. The maximum Gasteiger partial charge on any atom is 0.251 e. The number of aryl methyl sites for hydroxylation is 1. The lowest BCUT2D eigenvalue weighted by Crippen LogP contribution is -2.31. The average Bonchev–Trinajstić information content (AvgIpc) is 3.00. The normalized spacial score (nSPS) is 11.1. The van der Waals surface area contributed by atoms with Crippen LogP contribution in [0.25, 0.3) is 5.65 Å². The van der Waals surface area contributed by atoms with Crippen molar-refractivity contribution >= 4 is 17.4 Å². The minimum Gasteiger partial charge on any atom is -0.365 e. The zero-order valence-corrected chi connectivity index (χ0v) is 15.2. The molecule has 2 heterocycles. The number of nitrogens with one attached hydrogen (secondary N) is 2. The number of amides is 1. The third-order valence-electron chi connectivity index (χ3n) is 3.93. The van der Waals surface area contributed by atoms with Crippen molar-refractivity contribution in [1.29, 1.82) is 0 Å². The van der Waals surface area contributed by atoms with Crippen LogP contribution in [0, 0.1) is 6.92 Å². The van der Waals surface area contributed by atoms with Crippen LogP contribution in [-0.4, -0.2) is 57.8 Å². The maximum absolute atomic E-state index is 12.2. The number of aromatic nitrogens is 4. The van der Waals surface area contributed by atoms with Crippen molar-refractivity contribution in [3.05, 3.63) is 53.3 Å². The van der Waals surface area contributed by atoms with Gasteiger partial charge in [0, 0.05) is 25.2 Å². The van der Waals surface area contributed by atoms with E-state index < -0.39 is 0 Å². The molecule has 8 heteroatoms. The van der Waals surface area contributed by atoms with Gasteiger partial charge in [0.2, 0.25) is 0 Å². The molecule has 1 aromatic carbocycles. The summed E-state index contributed by atoms with van der Waals surface area (Å²) in [4.78, 5) is 14.3. The molecule has 1 amide bonds. The van der Waals surface area contributed by atoms with E-state index in [2.05, 4.69) is 25.9 Å². The summed E-state index contributed by atoms with van der Waals surface area (Å²) in [7, 11) is 3.95. The topological polar surface area (TPSA) is 87.4 Å². The highest BCUT2D eigenvalue weighted by Crippen LogP contribution is 2.10. The van der Waals surface area contributed by atoms with E-state index >= 15 is 0 Å². The van der Waals surface area contributed by atoms with Crippen LogP contribution in [0.4, 0.5) is 5.82 Å². The van der Waals surface area contributed by atoms with Crippen LogP contribution in [-0.2, 0) is 6.54 Å². The maximum atomic E-state index is 12.2. The van der Waals surface area contributed by atoms with Crippen molar-refractivity contribution in [2.24, 2.45) is 0 Å². The summed E-state index contributed by atoms with van der Waals surface area (Å²) in [6, 6.07) is 11.3. The number of rotatable bonds is 7. The summed E-state index contributed by atoms with van der Waals surface area (Å²) in [5, 5.41) is 18.7. The Morgan fingerprint density at radius 3 is 2.85 bits per heavy atom. The fourth-order valence-corrected chi connectivity index (χ4v) is 2.50. The first-order chi connectivity index (χ1) is 12.5. The summed E-state index contributed by atoms with van der Waals surface area (Å²) in [5.41, 5.74) is 2.37. The van der Waals surface area contributed by atoms with Crippen LogP contribution in [0.2, 0.25) is 0 Å². The molecule has 0 saturated carbocycles. The predicted molar refractivity (Wildman–Crippen MR) is 100 cm³/mol. The third kappa shape index (κ3) is 4.34. The van der Waals surface area contributed by atoms with Gasteiger partial charge in [0.1, 0.15) is 5.82 Å². The molecule has 0 radical (unpaired) electrons. The molecule has 2 N–H and O–H groups in total. The van der Waals surface area contributed by atoms with Gasteiger partial charge in [-0.2, -0.15) is 4.52 Å². The van der Waals surface area contributed by atoms with Crippen molar-refractivity contribution in [3.8, 4) is 0 Å².